The second-order valence-corrected chi connectivity index (χ2v) is 8.22. The van der Waals surface area contributed by atoms with Crippen molar-refractivity contribution in [2.24, 2.45) is 0 Å². The molecule has 2 aliphatic heterocycles. The summed E-state index contributed by atoms with van der Waals surface area (Å²) in [6, 6.07) is 12.9. The lowest BCUT2D eigenvalue weighted by Crippen LogP contribution is -2.35. The summed E-state index contributed by atoms with van der Waals surface area (Å²) < 4.78 is 5.57. The van der Waals surface area contributed by atoms with Crippen LogP contribution in [0.1, 0.15) is 41.6 Å². The molecule has 4 rings (SSSR count). The number of carbonyl (C=O) groups excluding carboxylic acids is 2. The predicted octanol–water partition coefficient (Wildman–Crippen LogP) is 4.15. The minimum Gasteiger partial charge on any atom is -0.376 e. The van der Waals surface area contributed by atoms with Crippen molar-refractivity contribution >= 4 is 29.0 Å². The molecule has 0 radical (unpaired) electrons. The Morgan fingerprint density at radius 3 is 2.65 bits per heavy atom. The zero-order valence-electron chi connectivity index (χ0n) is 17.9. The number of benzene rings is 2. The van der Waals surface area contributed by atoms with Crippen LogP contribution >= 0.6 is 0 Å². The fourth-order valence-electron chi connectivity index (χ4n) is 4.12. The number of rotatable bonds is 6. The number of hydrogen-bond donors (Lipinski definition) is 3. The Hall–Kier alpha value is -3.06. The van der Waals surface area contributed by atoms with Crippen LogP contribution in [0.15, 0.2) is 42.5 Å². The molecular formula is C24H30N4O3. The molecule has 2 aliphatic rings. The van der Waals surface area contributed by atoms with Gasteiger partial charge in [-0.1, -0.05) is 17.7 Å². The fraction of sp³-hybridized carbons (Fsp3) is 0.417. The fourth-order valence-corrected chi connectivity index (χ4v) is 4.12. The summed E-state index contributed by atoms with van der Waals surface area (Å²) in [5.41, 5.74) is 3.94. The molecule has 2 fully saturated rings. The van der Waals surface area contributed by atoms with E-state index in [4.69, 9.17) is 4.74 Å². The number of hydrogen-bond acceptors (Lipinski definition) is 4. The third kappa shape index (κ3) is 5.55. The van der Waals surface area contributed by atoms with Gasteiger partial charge in [0.1, 0.15) is 0 Å². The molecule has 31 heavy (non-hydrogen) atoms. The summed E-state index contributed by atoms with van der Waals surface area (Å²) in [7, 11) is 0. The van der Waals surface area contributed by atoms with E-state index in [-0.39, 0.29) is 18.0 Å². The molecule has 164 valence electrons. The molecule has 0 spiro atoms. The first-order chi connectivity index (χ1) is 15.1. The topological polar surface area (TPSA) is 82.7 Å². The molecule has 2 aromatic carbocycles. The molecule has 1 atom stereocenters. The Balaban J connectivity index is 1.48. The van der Waals surface area contributed by atoms with Gasteiger partial charge in [0.05, 0.1) is 17.5 Å². The molecule has 0 aromatic heterocycles. The van der Waals surface area contributed by atoms with Gasteiger partial charge in [0, 0.05) is 37.5 Å². The Bertz CT molecular complexity index is 934. The summed E-state index contributed by atoms with van der Waals surface area (Å²) in [5, 5.41) is 8.82. The Morgan fingerprint density at radius 2 is 1.90 bits per heavy atom. The van der Waals surface area contributed by atoms with E-state index in [0.717, 1.165) is 56.6 Å². The quantitative estimate of drug-likeness (QED) is 0.653. The van der Waals surface area contributed by atoms with Crippen LogP contribution in [-0.4, -0.2) is 44.3 Å². The molecule has 3 amide bonds. The number of urea groups is 1. The average molecular weight is 423 g/mol. The van der Waals surface area contributed by atoms with Crippen LogP contribution in [-0.2, 0) is 4.74 Å². The molecule has 3 N–H and O–H groups in total. The van der Waals surface area contributed by atoms with Gasteiger partial charge in [-0.3, -0.25) is 4.79 Å². The Kier molecular flexibility index (Phi) is 6.72. The van der Waals surface area contributed by atoms with Gasteiger partial charge in [0.15, 0.2) is 0 Å². The van der Waals surface area contributed by atoms with E-state index in [2.05, 4.69) is 20.9 Å². The second kappa shape index (κ2) is 9.83. The van der Waals surface area contributed by atoms with Crippen LogP contribution in [0.3, 0.4) is 0 Å². The van der Waals surface area contributed by atoms with E-state index in [1.165, 1.54) is 0 Å². The van der Waals surface area contributed by atoms with Crippen molar-refractivity contribution < 1.29 is 14.3 Å². The van der Waals surface area contributed by atoms with Gasteiger partial charge in [0.25, 0.3) is 5.91 Å². The highest BCUT2D eigenvalue weighted by Crippen LogP contribution is 2.32. The zero-order chi connectivity index (χ0) is 21.6. The van der Waals surface area contributed by atoms with Crippen LogP contribution in [0.2, 0.25) is 0 Å². The predicted molar refractivity (Wildman–Crippen MR) is 123 cm³/mol. The maximum absolute atomic E-state index is 12.7. The summed E-state index contributed by atoms with van der Waals surface area (Å²) >= 11 is 0. The number of carbonyl (C=O) groups is 2. The smallest absolute Gasteiger partial charge is 0.319 e. The lowest BCUT2D eigenvalue weighted by atomic mass is 10.1. The lowest BCUT2D eigenvalue weighted by molar-refractivity contribution is 0.102. The van der Waals surface area contributed by atoms with E-state index in [1.54, 1.807) is 6.07 Å². The third-order valence-electron chi connectivity index (χ3n) is 5.74. The van der Waals surface area contributed by atoms with Crippen LogP contribution in [0.25, 0.3) is 0 Å². The Labute approximate surface area is 183 Å². The minimum absolute atomic E-state index is 0.0868. The highest BCUT2D eigenvalue weighted by molar-refractivity contribution is 6.05. The van der Waals surface area contributed by atoms with Crippen molar-refractivity contribution in [1.82, 2.24) is 5.32 Å². The maximum atomic E-state index is 12.7. The van der Waals surface area contributed by atoms with Crippen molar-refractivity contribution in [2.45, 2.75) is 38.7 Å². The minimum atomic E-state index is -0.266. The molecule has 2 heterocycles. The normalized spacial score (nSPS) is 18.1. The van der Waals surface area contributed by atoms with E-state index >= 15 is 0 Å². The number of amides is 3. The van der Waals surface area contributed by atoms with Gasteiger partial charge >= 0.3 is 6.03 Å². The third-order valence-corrected chi connectivity index (χ3v) is 5.74. The van der Waals surface area contributed by atoms with E-state index < -0.39 is 0 Å². The lowest BCUT2D eigenvalue weighted by Gasteiger charge is -2.23. The standard InChI is InChI=1S/C24H30N4O3/c1-17-6-4-7-18(14-17)23(29)26-19-9-10-22(28-11-2-3-12-28)21(15-19)27-24(30)25-16-20-8-5-13-31-20/h4,6-7,9-10,14-15,20H,2-3,5,8,11-13,16H2,1H3,(H,26,29)(H2,25,27,30)/t20-/m0/s1. The van der Waals surface area contributed by atoms with Crippen molar-refractivity contribution in [3.05, 3.63) is 53.6 Å². The number of nitrogens with one attached hydrogen (secondary N) is 3. The molecule has 0 saturated carbocycles. The SMILES string of the molecule is Cc1cccc(C(=O)Nc2ccc(N3CCCC3)c(NC(=O)NC[C@@H]3CCCO3)c2)c1. The van der Waals surface area contributed by atoms with E-state index in [1.807, 2.05) is 43.3 Å². The molecule has 0 bridgehead atoms. The first-order valence-corrected chi connectivity index (χ1v) is 11.0. The van der Waals surface area contributed by atoms with Crippen molar-refractivity contribution in [1.29, 1.82) is 0 Å². The van der Waals surface area contributed by atoms with Crippen LogP contribution in [0, 0.1) is 6.92 Å². The molecule has 0 aliphatic carbocycles. The molecule has 0 unspecified atom stereocenters. The van der Waals surface area contributed by atoms with Crippen LogP contribution in [0.4, 0.5) is 21.9 Å². The highest BCUT2D eigenvalue weighted by Gasteiger charge is 2.20. The zero-order valence-corrected chi connectivity index (χ0v) is 17.9. The van der Waals surface area contributed by atoms with Crippen molar-refractivity contribution in [3.63, 3.8) is 0 Å². The molecule has 2 aromatic rings. The monoisotopic (exact) mass is 422 g/mol. The van der Waals surface area contributed by atoms with Crippen molar-refractivity contribution in [3.8, 4) is 0 Å². The largest absolute Gasteiger partial charge is 0.376 e. The second-order valence-electron chi connectivity index (χ2n) is 8.22. The van der Waals surface area contributed by atoms with Crippen LogP contribution in [0.5, 0.6) is 0 Å². The molecular weight excluding hydrogens is 392 g/mol. The van der Waals surface area contributed by atoms with Gasteiger partial charge in [-0.05, 0) is 62.9 Å². The number of aryl methyl sites for hydroxylation is 1. The summed E-state index contributed by atoms with van der Waals surface area (Å²) in [6.45, 7) is 5.13. The van der Waals surface area contributed by atoms with Crippen LogP contribution < -0.4 is 20.9 Å². The average Bonchev–Trinajstić information content (AvgIpc) is 3.47. The highest BCUT2D eigenvalue weighted by atomic mass is 16.5. The van der Waals surface area contributed by atoms with Gasteiger partial charge in [-0.25, -0.2) is 4.79 Å². The van der Waals surface area contributed by atoms with Crippen molar-refractivity contribution in [2.75, 3.05) is 41.8 Å². The van der Waals surface area contributed by atoms with Gasteiger partial charge in [-0.15, -0.1) is 0 Å². The summed E-state index contributed by atoms with van der Waals surface area (Å²) in [4.78, 5) is 27.5. The first-order valence-electron chi connectivity index (χ1n) is 11.0. The van der Waals surface area contributed by atoms with Gasteiger partial charge in [-0.2, -0.15) is 0 Å². The van der Waals surface area contributed by atoms with E-state index in [0.29, 0.717) is 23.5 Å². The molecule has 7 nitrogen and oxygen atoms in total. The summed E-state index contributed by atoms with van der Waals surface area (Å²) in [5.74, 6) is -0.175. The Morgan fingerprint density at radius 1 is 1.06 bits per heavy atom. The van der Waals surface area contributed by atoms with E-state index in [9.17, 15) is 9.59 Å². The summed E-state index contributed by atoms with van der Waals surface area (Å²) in [6.07, 6.45) is 4.37. The maximum Gasteiger partial charge on any atom is 0.319 e. The molecule has 7 heteroatoms. The number of nitrogens with zero attached hydrogens (tertiary/aromatic N) is 1. The van der Waals surface area contributed by atoms with Gasteiger partial charge < -0.3 is 25.6 Å². The number of ether oxygens (including phenoxy) is 1. The number of anilines is 3. The van der Waals surface area contributed by atoms with Gasteiger partial charge in [0.2, 0.25) is 0 Å². The first kappa shape index (κ1) is 21.2. The molecule has 2 saturated heterocycles.